The summed E-state index contributed by atoms with van der Waals surface area (Å²) < 4.78 is 8.28. The van der Waals surface area contributed by atoms with Crippen molar-refractivity contribution in [2.75, 3.05) is 0 Å². The second kappa shape index (κ2) is 84.0. The van der Waals surface area contributed by atoms with Crippen molar-refractivity contribution in [2.24, 2.45) is 0 Å². The third-order valence-electron chi connectivity index (χ3n) is 0. The first-order valence-corrected chi connectivity index (χ1v) is 1.85. The van der Waals surface area contributed by atoms with E-state index >= 15 is 0 Å². The monoisotopic (exact) mass is 164 g/mol. The summed E-state index contributed by atoms with van der Waals surface area (Å²) in [5, 5.41) is 0. The Bertz CT molecular complexity index is 26.9. The summed E-state index contributed by atoms with van der Waals surface area (Å²) in [6.45, 7) is 5.25. The molecule has 7 heavy (non-hydrogen) atoms. The predicted molar refractivity (Wildman–Crippen MR) is 42.2 cm³/mol. The molecule has 0 aliphatic rings. The van der Waals surface area contributed by atoms with E-state index in [1.165, 1.54) is 0 Å². The van der Waals surface area contributed by atoms with Crippen LogP contribution >= 0.6 is 33.9 Å². The largest absolute Gasteiger partial charge is 0.333 e. The molecule has 1 unspecified atom stereocenters. The number of allylic oxidation sites excluding steroid dienone is 1. The van der Waals surface area contributed by atoms with Crippen molar-refractivity contribution in [1.82, 2.24) is 0 Å². The highest BCUT2D eigenvalue weighted by atomic mass is 35.5. The molecule has 0 N–H and O–H groups in total. The summed E-state index contributed by atoms with van der Waals surface area (Å²) >= 11 is 0. The zero-order valence-corrected chi connectivity index (χ0v) is 7.26. The van der Waals surface area contributed by atoms with Gasteiger partial charge < -0.3 is 4.57 Å². The Morgan fingerprint density at radius 2 is 1.43 bits per heavy atom. The third-order valence-corrected chi connectivity index (χ3v) is 0. The lowest BCUT2D eigenvalue weighted by Gasteiger charge is -1.31. The molecule has 0 aromatic rings. The minimum absolute atomic E-state index is 0. The molecule has 0 bridgehead atoms. The van der Waals surface area contributed by atoms with Gasteiger partial charge in [-0.3, -0.25) is 0 Å². The van der Waals surface area contributed by atoms with Gasteiger partial charge >= 0.3 is 0 Å². The van der Waals surface area contributed by atoms with Crippen molar-refractivity contribution in [3.05, 3.63) is 12.7 Å². The summed E-state index contributed by atoms with van der Waals surface area (Å²) in [7, 11) is 0.611. The van der Waals surface area contributed by atoms with Gasteiger partial charge in [-0.2, -0.15) is 0 Å². The van der Waals surface area contributed by atoms with E-state index in [0.717, 1.165) is 0 Å². The van der Waals surface area contributed by atoms with Crippen LogP contribution in [0, 0.1) is 0 Å². The van der Waals surface area contributed by atoms with Gasteiger partial charge in [0.2, 0.25) is 0 Å². The van der Waals surface area contributed by atoms with E-state index in [0.29, 0.717) is 9.12 Å². The topological polar surface area (TPSA) is 17.1 Å². The molecule has 0 aliphatic carbocycles. The highest BCUT2D eigenvalue weighted by molar-refractivity contribution is 7.00. The first-order valence-electron chi connectivity index (χ1n) is 1.27. The van der Waals surface area contributed by atoms with Gasteiger partial charge in [0.05, 0.1) is 9.12 Å². The molecule has 0 amide bonds. The van der Waals surface area contributed by atoms with Crippen LogP contribution in [0.15, 0.2) is 12.7 Å². The minimum Gasteiger partial charge on any atom is -0.333 e. The van der Waals surface area contributed by atoms with E-state index in [1.807, 2.05) is 6.92 Å². The van der Waals surface area contributed by atoms with Crippen LogP contribution in [-0.4, -0.2) is 0 Å². The van der Waals surface area contributed by atoms with Crippen LogP contribution in [0.1, 0.15) is 6.92 Å². The van der Waals surface area contributed by atoms with Crippen molar-refractivity contribution in [2.45, 2.75) is 6.92 Å². The minimum atomic E-state index is 0. The second-order valence-electron chi connectivity index (χ2n) is 0.408. The zero-order valence-electron chi connectivity index (χ0n) is 4.22. The molecule has 0 heterocycles. The van der Waals surface area contributed by atoms with E-state index in [9.17, 15) is 0 Å². The molecule has 0 aromatic carbocycles. The molecule has 0 radical (unpaired) electrons. The molecule has 0 aliphatic heterocycles. The van der Waals surface area contributed by atoms with Gasteiger partial charge in [-0.1, -0.05) is 6.08 Å². The van der Waals surface area contributed by atoms with Crippen LogP contribution in [0.5, 0.6) is 0 Å². The Morgan fingerprint density at radius 1 is 1.43 bits per heavy atom. The maximum absolute atomic E-state index is 8.28. The van der Waals surface area contributed by atoms with E-state index < -0.39 is 0 Å². The number of rotatable bonds is 0. The Balaban J connectivity index is -0.0000000105. The van der Waals surface area contributed by atoms with Crippen molar-refractivity contribution >= 4 is 33.9 Å². The zero-order chi connectivity index (χ0) is 4.71. The lowest BCUT2D eigenvalue weighted by molar-refractivity contribution is 0.607. The Morgan fingerprint density at radius 3 is 1.43 bits per heavy atom. The van der Waals surface area contributed by atoms with E-state index in [2.05, 4.69) is 6.58 Å². The number of hydrogen-bond donors (Lipinski definition) is 0. The molecular weight excluding hydrogens is 154 g/mol. The van der Waals surface area contributed by atoms with E-state index in [-0.39, 0.29) is 24.8 Å². The Kier molecular flexibility index (Phi) is 308. The summed E-state index contributed by atoms with van der Waals surface area (Å²) in [6.07, 6.45) is 1.75. The summed E-state index contributed by atoms with van der Waals surface area (Å²) in [5.41, 5.74) is 0. The molecule has 0 spiro atoms. The van der Waals surface area contributed by atoms with Crippen molar-refractivity contribution in [3.63, 3.8) is 0 Å². The van der Waals surface area contributed by atoms with Gasteiger partial charge in [0.15, 0.2) is 0 Å². The average molecular weight is 165 g/mol. The smallest absolute Gasteiger partial charge is 0.0527 e. The summed E-state index contributed by atoms with van der Waals surface area (Å²) in [5.74, 6) is 0. The fourth-order valence-corrected chi connectivity index (χ4v) is 0. The van der Waals surface area contributed by atoms with Gasteiger partial charge in [-0.25, -0.2) is 0 Å². The van der Waals surface area contributed by atoms with Gasteiger partial charge in [0.1, 0.15) is 0 Å². The van der Waals surface area contributed by atoms with Gasteiger partial charge in [-0.05, 0) is 6.92 Å². The van der Waals surface area contributed by atoms with Crippen LogP contribution in [0.2, 0.25) is 0 Å². The molecule has 0 saturated carbocycles. The van der Waals surface area contributed by atoms with Crippen LogP contribution in [0.25, 0.3) is 0 Å². The molecule has 0 rings (SSSR count). The third kappa shape index (κ3) is 448. The Hall–Kier alpha value is 0.550. The van der Waals surface area contributed by atoms with E-state index in [1.54, 1.807) is 6.08 Å². The molecule has 1 atom stereocenters. The van der Waals surface area contributed by atoms with Crippen LogP contribution < -0.4 is 0 Å². The quantitative estimate of drug-likeness (QED) is 0.396. The molecule has 4 heteroatoms. The lowest BCUT2D eigenvalue weighted by Crippen LogP contribution is -1.07. The van der Waals surface area contributed by atoms with E-state index in [4.69, 9.17) is 4.57 Å². The first kappa shape index (κ1) is 25.7. The van der Waals surface area contributed by atoms with Crippen molar-refractivity contribution < 1.29 is 4.57 Å². The fourth-order valence-electron chi connectivity index (χ4n) is 0. The Labute approximate surface area is 58.6 Å². The standard InChI is InChI=1S/C3H6.2ClH.H3OP/c1-3-2;;;1-2/h3H,1H2,2H3;2*1H;2H3. The highest BCUT2D eigenvalue weighted by Crippen LogP contribution is 1.38. The van der Waals surface area contributed by atoms with Crippen LogP contribution in [-0.2, 0) is 4.57 Å². The maximum atomic E-state index is 8.28. The molecule has 0 aromatic heterocycles. The highest BCUT2D eigenvalue weighted by Gasteiger charge is 1.15. The maximum Gasteiger partial charge on any atom is 0.0527 e. The first-order chi connectivity index (χ1) is 2.41. The molecule has 1 nitrogen and oxygen atoms in total. The molecule has 0 saturated heterocycles. The predicted octanol–water partition coefficient (Wildman–Crippen LogP) is 1.98. The number of hydrogen-bond acceptors (Lipinski definition) is 1. The second-order valence-corrected chi connectivity index (χ2v) is 0.408. The summed E-state index contributed by atoms with van der Waals surface area (Å²) in [6, 6.07) is 0. The average Bonchev–Trinajstić information content (AvgIpc) is 1.46. The van der Waals surface area contributed by atoms with Gasteiger partial charge in [-0.15, -0.1) is 31.4 Å². The lowest BCUT2D eigenvalue weighted by atomic mass is 10.8. The fraction of sp³-hybridized carbons (Fsp3) is 0.333. The molecule has 0 fully saturated rings. The van der Waals surface area contributed by atoms with Gasteiger partial charge in [0, 0.05) is 0 Å². The van der Waals surface area contributed by atoms with Crippen molar-refractivity contribution in [3.8, 4) is 0 Å². The summed E-state index contributed by atoms with van der Waals surface area (Å²) in [4.78, 5) is 0. The number of halogens is 2. The molecule has 48 valence electrons. The SMILES string of the molecule is C=CC.Cl.Cl.O=[PH3]. The van der Waals surface area contributed by atoms with Crippen molar-refractivity contribution in [1.29, 1.82) is 0 Å². The van der Waals surface area contributed by atoms with Crippen LogP contribution in [0.3, 0.4) is 0 Å². The normalized spacial score (nSPS) is 3.00. The molecular formula is C3H11Cl2OP. The van der Waals surface area contributed by atoms with Gasteiger partial charge in [0.25, 0.3) is 0 Å². The van der Waals surface area contributed by atoms with Crippen LogP contribution in [0.4, 0.5) is 0 Å².